The standard InChI is InChI=1S/C26H21ClN6O/c1-2-33-24-20(16-31-26(32-24)30-14-17-7-10-28-11-8-17)12-22(25(33)34)21-6-5-18(13-23(21)27)19-4-3-9-29-15-19/h3-13,15-16H,2,14H2,1H3,(H,30,31,32). The van der Waals surface area contributed by atoms with Gasteiger partial charge >= 0.3 is 0 Å². The molecule has 0 spiro atoms. The van der Waals surface area contributed by atoms with E-state index in [-0.39, 0.29) is 5.56 Å². The van der Waals surface area contributed by atoms with E-state index < -0.39 is 0 Å². The van der Waals surface area contributed by atoms with Crippen LogP contribution < -0.4 is 10.9 Å². The minimum atomic E-state index is -0.148. The number of hydrogen-bond donors (Lipinski definition) is 1. The lowest BCUT2D eigenvalue weighted by atomic mass is 10.0. The van der Waals surface area contributed by atoms with Crippen molar-refractivity contribution in [3.05, 3.63) is 100 Å². The number of anilines is 1. The second-order valence-corrected chi connectivity index (χ2v) is 8.13. The molecule has 0 bridgehead atoms. The maximum Gasteiger partial charge on any atom is 0.260 e. The number of rotatable bonds is 6. The molecule has 1 N–H and O–H groups in total. The molecule has 0 amide bonds. The van der Waals surface area contributed by atoms with Crippen LogP contribution in [0.25, 0.3) is 33.3 Å². The third-order valence-corrected chi connectivity index (χ3v) is 5.91. The fourth-order valence-electron chi connectivity index (χ4n) is 3.86. The summed E-state index contributed by atoms with van der Waals surface area (Å²) in [5, 5.41) is 4.47. The van der Waals surface area contributed by atoms with Gasteiger partial charge in [-0.05, 0) is 48.4 Å². The van der Waals surface area contributed by atoms with E-state index in [1.165, 1.54) is 0 Å². The van der Waals surface area contributed by atoms with Crippen molar-refractivity contribution >= 4 is 28.6 Å². The van der Waals surface area contributed by atoms with Crippen LogP contribution in [-0.2, 0) is 13.1 Å². The maximum absolute atomic E-state index is 13.4. The normalized spacial score (nSPS) is 11.0. The van der Waals surface area contributed by atoms with Crippen molar-refractivity contribution in [2.75, 3.05) is 5.32 Å². The number of aryl methyl sites for hydroxylation is 1. The lowest BCUT2D eigenvalue weighted by molar-refractivity contribution is 0.750. The van der Waals surface area contributed by atoms with Crippen LogP contribution in [0.1, 0.15) is 12.5 Å². The Morgan fingerprint density at radius 1 is 0.941 bits per heavy atom. The number of benzene rings is 1. The van der Waals surface area contributed by atoms with E-state index in [0.717, 1.165) is 22.1 Å². The van der Waals surface area contributed by atoms with E-state index in [9.17, 15) is 4.79 Å². The highest BCUT2D eigenvalue weighted by Crippen LogP contribution is 2.31. The number of hydrogen-bond acceptors (Lipinski definition) is 6. The van der Waals surface area contributed by atoms with Gasteiger partial charge in [-0.3, -0.25) is 19.3 Å². The molecule has 0 saturated carbocycles. The summed E-state index contributed by atoms with van der Waals surface area (Å²) >= 11 is 6.64. The summed E-state index contributed by atoms with van der Waals surface area (Å²) < 4.78 is 1.65. The minimum absolute atomic E-state index is 0.148. The topological polar surface area (TPSA) is 85.6 Å². The van der Waals surface area contributed by atoms with E-state index in [2.05, 4.69) is 25.3 Å². The second-order valence-electron chi connectivity index (χ2n) is 7.73. The van der Waals surface area contributed by atoms with Crippen LogP contribution in [0.15, 0.2) is 84.3 Å². The fraction of sp³-hybridized carbons (Fsp3) is 0.115. The first-order valence-corrected chi connectivity index (χ1v) is 11.3. The fourth-order valence-corrected chi connectivity index (χ4v) is 4.14. The van der Waals surface area contributed by atoms with Gasteiger partial charge in [-0.15, -0.1) is 0 Å². The molecule has 8 heteroatoms. The summed E-state index contributed by atoms with van der Waals surface area (Å²) in [6, 6.07) is 15.2. The molecule has 0 fully saturated rings. The van der Waals surface area contributed by atoms with Crippen molar-refractivity contribution in [2.45, 2.75) is 20.0 Å². The largest absolute Gasteiger partial charge is 0.350 e. The molecular weight excluding hydrogens is 448 g/mol. The predicted molar refractivity (Wildman–Crippen MR) is 135 cm³/mol. The zero-order valence-corrected chi connectivity index (χ0v) is 19.2. The van der Waals surface area contributed by atoms with Crippen LogP contribution in [0.2, 0.25) is 5.02 Å². The number of halogens is 1. The highest BCUT2D eigenvalue weighted by Gasteiger charge is 2.15. The molecule has 0 aliphatic rings. The van der Waals surface area contributed by atoms with Crippen molar-refractivity contribution in [3.8, 4) is 22.3 Å². The maximum atomic E-state index is 13.4. The number of fused-ring (bicyclic) bond motifs is 1. The van der Waals surface area contributed by atoms with Crippen molar-refractivity contribution in [3.63, 3.8) is 0 Å². The number of aromatic nitrogens is 5. The highest BCUT2D eigenvalue weighted by atomic mass is 35.5. The molecule has 7 nitrogen and oxygen atoms in total. The molecule has 0 saturated heterocycles. The van der Waals surface area contributed by atoms with Crippen LogP contribution in [0, 0.1) is 0 Å². The number of nitrogens with zero attached hydrogens (tertiary/aromatic N) is 5. The Balaban J connectivity index is 1.53. The molecule has 1 aromatic carbocycles. The van der Waals surface area contributed by atoms with Gasteiger partial charge in [0.2, 0.25) is 5.95 Å². The van der Waals surface area contributed by atoms with Gasteiger partial charge in [-0.1, -0.05) is 29.8 Å². The highest BCUT2D eigenvalue weighted by molar-refractivity contribution is 6.33. The summed E-state index contributed by atoms with van der Waals surface area (Å²) in [4.78, 5) is 30.7. The minimum Gasteiger partial charge on any atom is -0.350 e. The van der Waals surface area contributed by atoms with Gasteiger partial charge in [0.25, 0.3) is 5.56 Å². The van der Waals surface area contributed by atoms with Gasteiger partial charge < -0.3 is 5.32 Å². The summed E-state index contributed by atoms with van der Waals surface area (Å²) in [5.41, 5.74) is 4.57. The molecule has 0 radical (unpaired) electrons. The molecular formula is C26H21ClN6O. The molecule has 168 valence electrons. The lowest BCUT2D eigenvalue weighted by Gasteiger charge is -2.13. The van der Waals surface area contributed by atoms with Crippen LogP contribution in [0.5, 0.6) is 0 Å². The molecule has 5 aromatic rings. The smallest absolute Gasteiger partial charge is 0.260 e. The van der Waals surface area contributed by atoms with Crippen molar-refractivity contribution in [2.24, 2.45) is 0 Å². The quantitative estimate of drug-likeness (QED) is 0.368. The molecule has 0 atom stereocenters. The van der Waals surface area contributed by atoms with Crippen LogP contribution >= 0.6 is 11.6 Å². The molecule has 0 aliphatic carbocycles. The Morgan fingerprint density at radius 2 is 1.79 bits per heavy atom. The van der Waals surface area contributed by atoms with E-state index in [4.69, 9.17) is 11.6 Å². The first-order valence-electron chi connectivity index (χ1n) is 10.9. The van der Waals surface area contributed by atoms with E-state index in [0.29, 0.717) is 40.8 Å². The van der Waals surface area contributed by atoms with E-state index in [1.807, 2.05) is 49.4 Å². The monoisotopic (exact) mass is 468 g/mol. The van der Waals surface area contributed by atoms with Gasteiger partial charge in [-0.2, -0.15) is 4.98 Å². The van der Waals surface area contributed by atoms with E-state index in [1.54, 1.807) is 41.6 Å². The number of nitrogens with one attached hydrogen (secondary N) is 1. The summed E-state index contributed by atoms with van der Waals surface area (Å²) in [6.45, 7) is 2.95. The Bertz CT molecular complexity index is 1520. The Hall–Kier alpha value is -4.10. The average molecular weight is 469 g/mol. The summed E-state index contributed by atoms with van der Waals surface area (Å²) in [5.74, 6) is 0.456. The van der Waals surface area contributed by atoms with Gasteiger partial charge in [0.1, 0.15) is 5.65 Å². The molecule has 0 unspecified atom stereocenters. The summed E-state index contributed by atoms with van der Waals surface area (Å²) in [7, 11) is 0. The zero-order valence-electron chi connectivity index (χ0n) is 18.4. The Labute approximate surface area is 201 Å². The first-order chi connectivity index (χ1) is 16.6. The van der Waals surface area contributed by atoms with Gasteiger partial charge in [-0.25, -0.2) is 4.98 Å². The van der Waals surface area contributed by atoms with Crippen molar-refractivity contribution in [1.82, 2.24) is 24.5 Å². The average Bonchev–Trinajstić information content (AvgIpc) is 2.88. The van der Waals surface area contributed by atoms with E-state index >= 15 is 0 Å². The van der Waals surface area contributed by atoms with Crippen LogP contribution in [0.4, 0.5) is 5.95 Å². The number of pyridine rings is 3. The van der Waals surface area contributed by atoms with Crippen LogP contribution in [0.3, 0.4) is 0 Å². The van der Waals surface area contributed by atoms with Gasteiger partial charge in [0.15, 0.2) is 0 Å². The third-order valence-electron chi connectivity index (χ3n) is 5.60. The Morgan fingerprint density at radius 3 is 2.53 bits per heavy atom. The SMILES string of the molecule is CCn1c(=O)c(-c2ccc(-c3cccnc3)cc2Cl)cc2cnc(NCc3ccncc3)nc21. The van der Waals surface area contributed by atoms with Crippen molar-refractivity contribution in [1.29, 1.82) is 0 Å². The van der Waals surface area contributed by atoms with Gasteiger partial charge in [0, 0.05) is 71.2 Å². The van der Waals surface area contributed by atoms with Crippen molar-refractivity contribution < 1.29 is 0 Å². The first kappa shape index (κ1) is 21.7. The summed E-state index contributed by atoms with van der Waals surface area (Å²) in [6.07, 6.45) is 8.71. The second kappa shape index (κ2) is 9.41. The molecule has 4 heterocycles. The predicted octanol–water partition coefficient (Wildman–Crippen LogP) is 5.20. The lowest BCUT2D eigenvalue weighted by Crippen LogP contribution is -2.22. The molecule has 34 heavy (non-hydrogen) atoms. The molecule has 0 aliphatic heterocycles. The zero-order chi connectivity index (χ0) is 23.5. The van der Waals surface area contributed by atoms with Gasteiger partial charge in [0.05, 0.1) is 0 Å². The molecule has 4 aromatic heterocycles. The third kappa shape index (κ3) is 4.25. The molecule has 5 rings (SSSR count). The van der Waals surface area contributed by atoms with Crippen LogP contribution in [-0.4, -0.2) is 24.5 Å². The Kier molecular flexibility index (Phi) is 6.01.